The Morgan fingerprint density at radius 1 is 1.11 bits per heavy atom. The largest absolute Gasteiger partial charge is 0.258 e. The first kappa shape index (κ1) is 13.6. The zero-order valence-electron chi connectivity index (χ0n) is 11.7. The summed E-state index contributed by atoms with van der Waals surface area (Å²) >= 11 is 6.40. The maximum Gasteiger partial charge on any atom is 0.110 e. The minimum atomic E-state index is -1.63. The van der Waals surface area contributed by atoms with E-state index in [0.29, 0.717) is 0 Å². The van der Waals surface area contributed by atoms with E-state index in [4.69, 9.17) is 16.6 Å². The third-order valence-corrected chi connectivity index (χ3v) is 9.78. The van der Waals surface area contributed by atoms with Gasteiger partial charge < -0.3 is 0 Å². The number of aromatic nitrogens is 1. The van der Waals surface area contributed by atoms with Gasteiger partial charge in [0.25, 0.3) is 0 Å². The number of nitrogens with zero attached hydrogens (tertiary/aromatic N) is 1. The van der Waals surface area contributed by atoms with Crippen LogP contribution >= 0.6 is 11.6 Å². The normalized spacial score (nSPS) is 13.0. The Kier molecular flexibility index (Phi) is 3.28. The third kappa shape index (κ3) is 2.19. The second-order valence-corrected chi connectivity index (χ2v) is 12.1. The molecule has 0 aliphatic heterocycles. The fraction of sp³-hybridized carbons (Fsp3) is 0.400. The van der Waals surface area contributed by atoms with Crippen LogP contribution < -0.4 is 5.32 Å². The number of halogens is 1. The van der Waals surface area contributed by atoms with Crippen LogP contribution in [0.3, 0.4) is 0 Å². The molecule has 2 aromatic rings. The molecule has 0 amide bonds. The molecule has 0 spiro atoms. The van der Waals surface area contributed by atoms with Crippen molar-refractivity contribution in [2.24, 2.45) is 0 Å². The van der Waals surface area contributed by atoms with Crippen LogP contribution in [0.1, 0.15) is 20.8 Å². The van der Waals surface area contributed by atoms with Crippen molar-refractivity contribution < 1.29 is 0 Å². The van der Waals surface area contributed by atoms with Gasteiger partial charge in [0.2, 0.25) is 0 Å². The molecule has 2 rings (SSSR count). The summed E-state index contributed by atoms with van der Waals surface area (Å²) in [6.07, 6.45) is 0. The van der Waals surface area contributed by atoms with E-state index in [2.05, 4.69) is 39.9 Å². The molecule has 0 N–H and O–H groups in total. The summed E-state index contributed by atoms with van der Waals surface area (Å²) in [6, 6.07) is 10.2. The van der Waals surface area contributed by atoms with Crippen molar-refractivity contribution in [3.8, 4) is 0 Å². The quantitative estimate of drug-likeness (QED) is 0.694. The molecule has 0 fully saturated rings. The van der Waals surface area contributed by atoms with Crippen molar-refractivity contribution in [3.63, 3.8) is 0 Å². The van der Waals surface area contributed by atoms with Crippen molar-refractivity contribution in [3.05, 3.63) is 35.4 Å². The molecule has 0 atom stereocenters. The van der Waals surface area contributed by atoms with Crippen LogP contribution in [0.25, 0.3) is 10.9 Å². The van der Waals surface area contributed by atoms with E-state index >= 15 is 0 Å². The minimum absolute atomic E-state index is 0.270. The molecular formula is C15H20ClNSi. The van der Waals surface area contributed by atoms with Crippen LogP contribution in [0.2, 0.25) is 23.2 Å². The molecule has 0 saturated heterocycles. The number of rotatable bonds is 1. The Labute approximate surface area is 115 Å². The van der Waals surface area contributed by atoms with Crippen molar-refractivity contribution in [2.45, 2.75) is 38.9 Å². The van der Waals surface area contributed by atoms with Crippen LogP contribution in [0, 0.1) is 0 Å². The summed E-state index contributed by atoms with van der Waals surface area (Å²) in [4.78, 5) is 4.85. The number of hydrogen-bond acceptors (Lipinski definition) is 1. The van der Waals surface area contributed by atoms with Crippen LogP contribution in [0.15, 0.2) is 30.3 Å². The van der Waals surface area contributed by atoms with E-state index in [1.807, 2.05) is 24.3 Å². The lowest BCUT2D eigenvalue weighted by Gasteiger charge is -2.36. The predicted octanol–water partition coefficient (Wildman–Crippen LogP) is 4.60. The molecule has 0 radical (unpaired) electrons. The smallest absolute Gasteiger partial charge is 0.110 e. The fourth-order valence-electron chi connectivity index (χ4n) is 1.84. The Morgan fingerprint density at radius 3 is 2.33 bits per heavy atom. The van der Waals surface area contributed by atoms with Gasteiger partial charge in [-0.05, 0) is 17.2 Å². The zero-order valence-corrected chi connectivity index (χ0v) is 13.5. The van der Waals surface area contributed by atoms with E-state index < -0.39 is 8.07 Å². The highest BCUT2D eigenvalue weighted by Crippen LogP contribution is 2.36. The monoisotopic (exact) mass is 277 g/mol. The van der Waals surface area contributed by atoms with Gasteiger partial charge in [-0.15, -0.1) is 0 Å². The number of pyridine rings is 1. The number of hydrogen-bond donors (Lipinski definition) is 0. The lowest BCUT2D eigenvalue weighted by Crippen LogP contribution is -2.51. The summed E-state index contributed by atoms with van der Waals surface area (Å²) in [5.41, 5.74) is 1.00. The highest BCUT2D eigenvalue weighted by molar-refractivity contribution is 6.91. The van der Waals surface area contributed by atoms with Gasteiger partial charge in [0, 0.05) is 10.7 Å². The van der Waals surface area contributed by atoms with Crippen LogP contribution in [-0.4, -0.2) is 13.1 Å². The Hall–Kier alpha value is -0.863. The summed E-state index contributed by atoms with van der Waals surface area (Å²) in [7, 11) is -1.63. The van der Waals surface area contributed by atoms with E-state index in [1.54, 1.807) is 0 Å². The molecule has 18 heavy (non-hydrogen) atoms. The summed E-state index contributed by atoms with van der Waals surface area (Å²) in [5, 5.41) is 3.33. The second kappa shape index (κ2) is 4.36. The van der Waals surface area contributed by atoms with Crippen molar-refractivity contribution in [1.82, 2.24) is 4.98 Å². The molecule has 96 valence electrons. The first-order chi connectivity index (χ1) is 8.23. The second-order valence-electron chi connectivity index (χ2n) is 6.38. The SMILES string of the molecule is CC(C)(C)[Si](C)(C)c1cc(Cl)c2ccccc2n1. The molecule has 0 saturated carbocycles. The van der Waals surface area contributed by atoms with E-state index in [0.717, 1.165) is 15.9 Å². The molecular weight excluding hydrogens is 258 g/mol. The minimum Gasteiger partial charge on any atom is -0.258 e. The Balaban J connectivity index is 2.67. The molecule has 0 bridgehead atoms. The van der Waals surface area contributed by atoms with E-state index in [9.17, 15) is 0 Å². The zero-order chi connectivity index (χ0) is 13.6. The van der Waals surface area contributed by atoms with Gasteiger partial charge in [0.15, 0.2) is 0 Å². The van der Waals surface area contributed by atoms with E-state index in [1.165, 1.54) is 5.32 Å². The molecule has 1 nitrogen and oxygen atoms in total. The maximum absolute atomic E-state index is 6.40. The number of fused-ring (bicyclic) bond motifs is 1. The number of benzene rings is 1. The topological polar surface area (TPSA) is 12.9 Å². The van der Waals surface area contributed by atoms with Gasteiger partial charge in [-0.2, -0.15) is 0 Å². The fourth-order valence-corrected chi connectivity index (χ4v) is 3.87. The van der Waals surface area contributed by atoms with Gasteiger partial charge in [0.1, 0.15) is 8.07 Å². The van der Waals surface area contributed by atoms with E-state index in [-0.39, 0.29) is 5.04 Å². The lowest BCUT2D eigenvalue weighted by atomic mass is 10.2. The van der Waals surface area contributed by atoms with Crippen molar-refractivity contribution in [2.75, 3.05) is 0 Å². The van der Waals surface area contributed by atoms with Gasteiger partial charge in [-0.3, -0.25) is 4.98 Å². The third-order valence-electron chi connectivity index (χ3n) is 4.18. The van der Waals surface area contributed by atoms with Crippen LogP contribution in [-0.2, 0) is 0 Å². The Morgan fingerprint density at radius 2 is 1.72 bits per heavy atom. The first-order valence-electron chi connectivity index (χ1n) is 6.29. The molecule has 1 aromatic carbocycles. The molecule has 0 aliphatic rings. The van der Waals surface area contributed by atoms with Gasteiger partial charge in [-0.25, -0.2) is 0 Å². The lowest BCUT2D eigenvalue weighted by molar-refractivity contribution is 0.728. The van der Waals surface area contributed by atoms with Gasteiger partial charge in [-0.1, -0.05) is 63.7 Å². The molecule has 0 aliphatic carbocycles. The summed E-state index contributed by atoms with van der Waals surface area (Å²) < 4.78 is 0. The molecule has 3 heteroatoms. The predicted molar refractivity (Wildman–Crippen MR) is 83.6 cm³/mol. The maximum atomic E-state index is 6.40. The van der Waals surface area contributed by atoms with Crippen LogP contribution in [0.4, 0.5) is 0 Å². The average Bonchev–Trinajstić information content (AvgIpc) is 2.27. The molecule has 1 heterocycles. The molecule has 0 unspecified atom stereocenters. The van der Waals surface area contributed by atoms with Gasteiger partial charge in [0.05, 0.1) is 10.5 Å². The van der Waals surface area contributed by atoms with Crippen LogP contribution in [0.5, 0.6) is 0 Å². The average molecular weight is 278 g/mol. The molecule has 1 aromatic heterocycles. The highest BCUT2D eigenvalue weighted by atomic mass is 35.5. The van der Waals surface area contributed by atoms with Gasteiger partial charge >= 0.3 is 0 Å². The van der Waals surface area contributed by atoms with Crippen molar-refractivity contribution in [1.29, 1.82) is 0 Å². The highest BCUT2D eigenvalue weighted by Gasteiger charge is 2.38. The summed E-state index contributed by atoms with van der Waals surface area (Å²) in [6.45, 7) is 11.6. The first-order valence-corrected chi connectivity index (χ1v) is 9.67. The standard InChI is InChI=1S/C15H20ClNSi/c1-15(2,3)18(4,5)14-10-12(16)11-8-6-7-9-13(11)17-14/h6-10H,1-5H3. The number of para-hydroxylation sites is 1. The Bertz CT molecular complexity index is 585. The summed E-state index contributed by atoms with van der Waals surface area (Å²) in [5.74, 6) is 0. The van der Waals surface area contributed by atoms with Crippen molar-refractivity contribution >= 4 is 35.9 Å².